The van der Waals surface area contributed by atoms with Crippen LogP contribution in [-0.2, 0) is 10.0 Å². The van der Waals surface area contributed by atoms with Gasteiger partial charge in [-0.1, -0.05) is 30.7 Å². The number of nitrogens with zero attached hydrogens (tertiary/aromatic N) is 2. The van der Waals surface area contributed by atoms with Crippen molar-refractivity contribution in [2.24, 2.45) is 0 Å². The predicted octanol–water partition coefficient (Wildman–Crippen LogP) is 5.26. The van der Waals surface area contributed by atoms with E-state index in [4.69, 9.17) is 0 Å². The quantitative estimate of drug-likeness (QED) is 0.510. The minimum atomic E-state index is -3.56. The Bertz CT molecular complexity index is 1180. The van der Waals surface area contributed by atoms with Gasteiger partial charge in [-0.15, -0.1) is 0 Å². The van der Waals surface area contributed by atoms with Gasteiger partial charge in [-0.3, -0.25) is 10.1 Å². The molecule has 0 spiro atoms. The van der Waals surface area contributed by atoms with Gasteiger partial charge in [0.25, 0.3) is 5.91 Å². The van der Waals surface area contributed by atoms with Crippen LogP contribution in [-0.4, -0.2) is 36.2 Å². The lowest BCUT2D eigenvalue weighted by Crippen LogP contribution is -2.43. The number of piperidine rings is 1. The van der Waals surface area contributed by atoms with E-state index in [1.807, 2.05) is 25.1 Å². The minimum absolute atomic E-state index is 0.0464. The van der Waals surface area contributed by atoms with Gasteiger partial charge >= 0.3 is 0 Å². The van der Waals surface area contributed by atoms with Crippen LogP contribution in [0.4, 0.5) is 5.13 Å². The fraction of sp³-hybridized carbons (Fsp3) is 0.333. The first kappa shape index (κ1) is 21.4. The Hall–Kier alpha value is -1.81. The lowest BCUT2D eigenvalue weighted by atomic mass is 10.0. The Labute approximate surface area is 188 Å². The van der Waals surface area contributed by atoms with Gasteiger partial charge in [0.2, 0.25) is 10.0 Å². The average molecular weight is 508 g/mol. The van der Waals surface area contributed by atoms with Crippen molar-refractivity contribution in [1.29, 1.82) is 0 Å². The molecular formula is C21H22BrN3O3S2. The molecule has 6 nitrogen and oxygen atoms in total. The molecule has 0 unspecified atom stereocenters. The maximum Gasteiger partial charge on any atom is 0.257 e. The summed E-state index contributed by atoms with van der Waals surface area (Å²) in [4.78, 5) is 17.3. The van der Waals surface area contributed by atoms with Crippen LogP contribution in [0.5, 0.6) is 0 Å². The van der Waals surface area contributed by atoms with E-state index in [1.54, 1.807) is 16.4 Å². The number of carbonyl (C=O) groups excluding carboxylic acids is 1. The first-order chi connectivity index (χ1) is 14.4. The summed E-state index contributed by atoms with van der Waals surface area (Å²) in [7, 11) is -3.56. The Balaban J connectivity index is 1.52. The first-order valence-electron chi connectivity index (χ1n) is 9.88. The monoisotopic (exact) mass is 507 g/mol. The number of rotatable bonds is 5. The van der Waals surface area contributed by atoms with Crippen molar-refractivity contribution in [3.63, 3.8) is 0 Å². The standard InChI is InChI=1S/C21H22BrN3O3S2/c1-2-15-6-3-4-13-25(15)30(27,28)16-11-9-14(10-12-16)20(26)24-21-23-19-17(22)7-5-8-18(19)29-21/h5,7-12,15H,2-4,6,13H2,1H3,(H,23,24,26)/t15-/m0/s1. The third-order valence-corrected chi connectivity index (χ3v) is 8.90. The molecule has 1 aliphatic rings. The van der Waals surface area contributed by atoms with Crippen molar-refractivity contribution >= 4 is 58.5 Å². The van der Waals surface area contributed by atoms with Crippen LogP contribution in [0.3, 0.4) is 0 Å². The van der Waals surface area contributed by atoms with E-state index in [0.29, 0.717) is 17.2 Å². The molecule has 1 saturated heterocycles. The predicted molar refractivity (Wildman–Crippen MR) is 124 cm³/mol. The van der Waals surface area contributed by atoms with Crippen molar-refractivity contribution < 1.29 is 13.2 Å². The third-order valence-electron chi connectivity index (χ3n) is 5.36. The number of carbonyl (C=O) groups is 1. The molecule has 0 radical (unpaired) electrons. The summed E-state index contributed by atoms with van der Waals surface area (Å²) in [5.41, 5.74) is 1.18. The number of amides is 1. The van der Waals surface area contributed by atoms with Gasteiger partial charge in [-0.2, -0.15) is 4.31 Å². The number of thiazole rings is 1. The number of benzene rings is 2. The number of halogens is 1. The Morgan fingerprint density at radius 2 is 2.00 bits per heavy atom. The normalized spacial score (nSPS) is 17.9. The van der Waals surface area contributed by atoms with Crippen molar-refractivity contribution in [3.8, 4) is 0 Å². The highest BCUT2D eigenvalue weighted by molar-refractivity contribution is 9.10. The number of hydrogen-bond acceptors (Lipinski definition) is 5. The second kappa shape index (κ2) is 8.74. The molecule has 2 heterocycles. The number of anilines is 1. The molecule has 1 aliphatic heterocycles. The smallest absolute Gasteiger partial charge is 0.257 e. The fourth-order valence-electron chi connectivity index (χ4n) is 3.75. The van der Waals surface area contributed by atoms with E-state index >= 15 is 0 Å². The number of hydrogen-bond donors (Lipinski definition) is 1. The second-order valence-electron chi connectivity index (χ2n) is 7.26. The summed E-state index contributed by atoms with van der Waals surface area (Å²) in [5, 5.41) is 3.30. The van der Waals surface area contributed by atoms with Crippen LogP contribution in [0.25, 0.3) is 10.2 Å². The number of sulfonamides is 1. The number of aromatic nitrogens is 1. The third kappa shape index (κ3) is 4.16. The van der Waals surface area contributed by atoms with Crippen molar-refractivity contribution in [1.82, 2.24) is 9.29 Å². The molecule has 1 atom stereocenters. The molecule has 1 aromatic heterocycles. The molecule has 3 aromatic rings. The van der Waals surface area contributed by atoms with E-state index in [9.17, 15) is 13.2 Å². The highest BCUT2D eigenvalue weighted by Gasteiger charge is 2.32. The van der Waals surface area contributed by atoms with Crippen LogP contribution in [0.15, 0.2) is 51.8 Å². The van der Waals surface area contributed by atoms with Gasteiger partial charge in [-0.25, -0.2) is 13.4 Å². The Kier molecular flexibility index (Phi) is 6.24. The topological polar surface area (TPSA) is 79.4 Å². The molecule has 0 aliphatic carbocycles. The molecule has 2 aromatic carbocycles. The number of nitrogens with one attached hydrogen (secondary N) is 1. The summed E-state index contributed by atoms with van der Waals surface area (Å²) in [6.07, 6.45) is 3.65. The zero-order chi connectivity index (χ0) is 21.3. The molecule has 30 heavy (non-hydrogen) atoms. The highest BCUT2D eigenvalue weighted by atomic mass is 79.9. The van der Waals surface area contributed by atoms with E-state index in [1.165, 1.54) is 23.5 Å². The summed E-state index contributed by atoms with van der Waals surface area (Å²) >= 11 is 4.85. The highest BCUT2D eigenvalue weighted by Crippen LogP contribution is 2.31. The molecule has 4 rings (SSSR count). The van der Waals surface area contributed by atoms with Crippen LogP contribution in [0.2, 0.25) is 0 Å². The lowest BCUT2D eigenvalue weighted by Gasteiger charge is -2.34. The summed E-state index contributed by atoms with van der Waals surface area (Å²) < 4.78 is 29.6. The SMILES string of the molecule is CC[C@H]1CCCCN1S(=O)(=O)c1ccc(C(=O)Nc2nc3c(Br)cccc3s2)cc1. The molecule has 0 bridgehead atoms. The van der Waals surface area contributed by atoms with E-state index < -0.39 is 10.0 Å². The minimum Gasteiger partial charge on any atom is -0.298 e. The average Bonchev–Trinajstić information content (AvgIpc) is 3.17. The Morgan fingerprint density at radius 3 is 2.70 bits per heavy atom. The molecule has 1 N–H and O–H groups in total. The van der Waals surface area contributed by atoms with Crippen LogP contribution >= 0.6 is 27.3 Å². The Morgan fingerprint density at radius 1 is 1.23 bits per heavy atom. The lowest BCUT2D eigenvalue weighted by molar-refractivity contribution is 0.102. The van der Waals surface area contributed by atoms with Crippen LogP contribution < -0.4 is 5.32 Å². The molecule has 0 saturated carbocycles. The van der Waals surface area contributed by atoms with Crippen molar-refractivity contribution in [3.05, 3.63) is 52.5 Å². The zero-order valence-corrected chi connectivity index (χ0v) is 19.7. The van der Waals surface area contributed by atoms with Crippen LogP contribution in [0, 0.1) is 0 Å². The number of fused-ring (bicyclic) bond motifs is 1. The van der Waals surface area contributed by atoms with Gasteiger partial charge in [0.05, 0.1) is 15.1 Å². The maximum atomic E-state index is 13.1. The summed E-state index contributed by atoms with van der Waals surface area (Å²) in [6.45, 7) is 2.57. The fourth-order valence-corrected chi connectivity index (χ4v) is 6.99. The van der Waals surface area contributed by atoms with Crippen molar-refractivity contribution in [2.75, 3.05) is 11.9 Å². The molecule has 1 amide bonds. The zero-order valence-electron chi connectivity index (χ0n) is 16.5. The molecular weight excluding hydrogens is 486 g/mol. The van der Waals surface area contributed by atoms with E-state index in [-0.39, 0.29) is 16.8 Å². The van der Waals surface area contributed by atoms with Gasteiger partial charge in [0.1, 0.15) is 0 Å². The van der Waals surface area contributed by atoms with Gasteiger partial charge in [0, 0.05) is 22.6 Å². The summed E-state index contributed by atoms with van der Waals surface area (Å²) in [6, 6.07) is 11.9. The maximum absolute atomic E-state index is 13.1. The first-order valence-corrected chi connectivity index (χ1v) is 12.9. The van der Waals surface area contributed by atoms with Gasteiger partial charge in [-0.05, 0) is 71.6 Å². The molecule has 158 valence electrons. The number of para-hydroxylation sites is 1. The van der Waals surface area contributed by atoms with E-state index in [0.717, 1.165) is 40.4 Å². The molecule has 1 fully saturated rings. The van der Waals surface area contributed by atoms with E-state index in [2.05, 4.69) is 26.2 Å². The summed E-state index contributed by atoms with van der Waals surface area (Å²) in [5.74, 6) is -0.321. The molecule has 9 heteroatoms. The van der Waals surface area contributed by atoms with Crippen LogP contribution in [0.1, 0.15) is 43.0 Å². The van der Waals surface area contributed by atoms with Gasteiger partial charge in [0.15, 0.2) is 5.13 Å². The second-order valence-corrected chi connectivity index (χ2v) is 11.0. The largest absolute Gasteiger partial charge is 0.298 e. The van der Waals surface area contributed by atoms with Crippen molar-refractivity contribution in [2.45, 2.75) is 43.5 Å². The van der Waals surface area contributed by atoms with Gasteiger partial charge < -0.3 is 0 Å².